The van der Waals surface area contributed by atoms with Gasteiger partial charge < -0.3 is 25.4 Å². The van der Waals surface area contributed by atoms with E-state index in [0.29, 0.717) is 41.5 Å². The number of amides is 3. The molecule has 1 saturated carbocycles. The first-order valence-electron chi connectivity index (χ1n) is 11.8. The molecule has 2 aliphatic heterocycles. The highest BCUT2D eigenvalue weighted by atomic mass is 35.5. The van der Waals surface area contributed by atoms with E-state index in [2.05, 4.69) is 20.9 Å². The molecule has 32 heavy (non-hydrogen) atoms. The van der Waals surface area contributed by atoms with Crippen molar-refractivity contribution in [2.24, 2.45) is 0 Å². The van der Waals surface area contributed by atoms with Gasteiger partial charge in [0.2, 0.25) is 5.91 Å². The van der Waals surface area contributed by atoms with Gasteiger partial charge >= 0.3 is 6.03 Å². The molecule has 9 heteroatoms. The Kier molecular flexibility index (Phi) is 7.97. The molecule has 1 aliphatic carbocycles. The summed E-state index contributed by atoms with van der Waals surface area (Å²) in [7, 11) is 0. The van der Waals surface area contributed by atoms with Crippen LogP contribution in [0.3, 0.4) is 0 Å². The van der Waals surface area contributed by atoms with Crippen molar-refractivity contribution >= 4 is 29.2 Å². The maximum absolute atomic E-state index is 12.6. The zero-order valence-corrected chi connectivity index (χ0v) is 19.2. The lowest BCUT2D eigenvalue weighted by Crippen LogP contribution is -2.51. The van der Waals surface area contributed by atoms with Crippen molar-refractivity contribution < 1.29 is 19.1 Å². The number of anilines is 1. The molecule has 0 atom stereocenters. The van der Waals surface area contributed by atoms with E-state index >= 15 is 0 Å². The van der Waals surface area contributed by atoms with E-state index in [1.165, 1.54) is 19.3 Å². The number of ether oxygens (including phenoxy) is 2. The van der Waals surface area contributed by atoms with Crippen molar-refractivity contribution in [1.29, 1.82) is 0 Å². The van der Waals surface area contributed by atoms with E-state index in [1.54, 1.807) is 12.1 Å². The molecule has 2 heterocycles. The van der Waals surface area contributed by atoms with Crippen LogP contribution in [0.2, 0.25) is 5.02 Å². The second kappa shape index (κ2) is 11.1. The van der Waals surface area contributed by atoms with Crippen LogP contribution in [0.15, 0.2) is 12.1 Å². The van der Waals surface area contributed by atoms with Gasteiger partial charge in [-0.25, -0.2) is 4.79 Å². The molecule has 3 amide bonds. The molecule has 0 unspecified atom stereocenters. The topological polar surface area (TPSA) is 91.9 Å². The van der Waals surface area contributed by atoms with Gasteiger partial charge in [0.25, 0.3) is 0 Å². The number of halogens is 1. The van der Waals surface area contributed by atoms with Crippen molar-refractivity contribution in [2.45, 2.75) is 63.5 Å². The number of nitrogens with zero attached hydrogens (tertiary/aromatic N) is 1. The number of rotatable bonds is 5. The largest absolute Gasteiger partial charge is 0.490 e. The second-order valence-corrected chi connectivity index (χ2v) is 9.29. The molecule has 0 bridgehead atoms. The first-order valence-corrected chi connectivity index (χ1v) is 12.1. The Labute approximate surface area is 194 Å². The number of hydrogen-bond acceptors (Lipinski definition) is 5. The predicted molar refractivity (Wildman–Crippen MR) is 124 cm³/mol. The monoisotopic (exact) mass is 464 g/mol. The van der Waals surface area contributed by atoms with Gasteiger partial charge in [-0.2, -0.15) is 0 Å². The average molecular weight is 465 g/mol. The molecule has 0 spiro atoms. The highest BCUT2D eigenvalue weighted by Crippen LogP contribution is 2.37. The van der Waals surface area contributed by atoms with Crippen LogP contribution in [0.25, 0.3) is 0 Å². The highest BCUT2D eigenvalue weighted by Gasteiger charge is 2.24. The van der Waals surface area contributed by atoms with Crippen LogP contribution < -0.4 is 25.4 Å². The van der Waals surface area contributed by atoms with Gasteiger partial charge in [-0.3, -0.25) is 9.69 Å². The predicted octanol–water partition coefficient (Wildman–Crippen LogP) is 3.54. The van der Waals surface area contributed by atoms with Crippen molar-refractivity contribution in [2.75, 3.05) is 38.2 Å². The van der Waals surface area contributed by atoms with Gasteiger partial charge in [-0.1, -0.05) is 30.9 Å². The van der Waals surface area contributed by atoms with Crippen molar-refractivity contribution in [3.8, 4) is 11.5 Å². The molecular formula is C23H33ClN4O4. The third kappa shape index (κ3) is 6.42. The fraction of sp³-hybridized carbons (Fsp3) is 0.652. The SMILES string of the molecule is O=C(CN1CCC(NC(=O)NC2CCCCC2)CC1)Nc1cc2c(cc1Cl)OCCCO2. The number of fused-ring (bicyclic) bond motifs is 1. The molecule has 0 radical (unpaired) electrons. The number of benzene rings is 1. The van der Waals surface area contributed by atoms with Crippen molar-refractivity contribution in [3.63, 3.8) is 0 Å². The molecule has 1 aromatic carbocycles. The molecule has 4 rings (SSSR count). The van der Waals surface area contributed by atoms with Crippen LogP contribution in [0.5, 0.6) is 11.5 Å². The third-order valence-corrected chi connectivity index (χ3v) is 6.65. The molecule has 2 fully saturated rings. The first-order chi connectivity index (χ1) is 15.6. The molecule has 0 aromatic heterocycles. The maximum atomic E-state index is 12.6. The van der Waals surface area contributed by atoms with Crippen LogP contribution in [0.1, 0.15) is 51.4 Å². The first kappa shape index (κ1) is 23.0. The Hall–Kier alpha value is -2.19. The zero-order chi connectivity index (χ0) is 22.3. The van der Waals surface area contributed by atoms with E-state index in [4.69, 9.17) is 21.1 Å². The van der Waals surface area contributed by atoms with E-state index in [0.717, 1.165) is 45.2 Å². The summed E-state index contributed by atoms with van der Waals surface area (Å²) in [6, 6.07) is 3.81. The van der Waals surface area contributed by atoms with Crippen LogP contribution in [0, 0.1) is 0 Å². The molecule has 8 nitrogen and oxygen atoms in total. The Morgan fingerprint density at radius 3 is 2.22 bits per heavy atom. The lowest BCUT2D eigenvalue weighted by Gasteiger charge is -2.32. The lowest BCUT2D eigenvalue weighted by atomic mass is 9.96. The number of piperidine rings is 1. The van der Waals surface area contributed by atoms with Gasteiger partial charge in [0, 0.05) is 43.7 Å². The van der Waals surface area contributed by atoms with Crippen LogP contribution in [-0.4, -0.2) is 61.8 Å². The molecule has 3 aliphatic rings. The number of likely N-dealkylation sites (tertiary alicyclic amines) is 1. The van der Waals surface area contributed by atoms with Gasteiger partial charge in [-0.15, -0.1) is 0 Å². The van der Waals surface area contributed by atoms with Gasteiger partial charge in [0.1, 0.15) is 0 Å². The quantitative estimate of drug-likeness (QED) is 0.620. The molecule has 1 saturated heterocycles. The van der Waals surface area contributed by atoms with E-state index < -0.39 is 0 Å². The lowest BCUT2D eigenvalue weighted by molar-refractivity contribution is -0.117. The fourth-order valence-corrected chi connectivity index (χ4v) is 4.77. The standard InChI is InChI=1S/C23H33ClN4O4/c24-18-13-20-21(32-12-4-11-31-20)14-19(18)27-22(29)15-28-9-7-17(8-10-28)26-23(30)25-16-5-2-1-3-6-16/h13-14,16-17H,1-12,15H2,(H,27,29)(H2,25,26,30). The summed E-state index contributed by atoms with van der Waals surface area (Å²) in [4.78, 5) is 27.0. The third-order valence-electron chi connectivity index (χ3n) is 6.34. The van der Waals surface area contributed by atoms with Crippen LogP contribution >= 0.6 is 11.6 Å². The van der Waals surface area contributed by atoms with E-state index in [-0.39, 0.29) is 24.5 Å². The number of carbonyl (C=O) groups is 2. The Balaban J connectivity index is 1.20. The smallest absolute Gasteiger partial charge is 0.315 e. The summed E-state index contributed by atoms with van der Waals surface area (Å²) in [5.74, 6) is 1.08. The minimum atomic E-state index is -0.122. The fourth-order valence-electron chi connectivity index (χ4n) is 4.57. The summed E-state index contributed by atoms with van der Waals surface area (Å²) in [5.41, 5.74) is 0.525. The molecule has 3 N–H and O–H groups in total. The molecular weight excluding hydrogens is 432 g/mol. The molecule has 176 valence electrons. The van der Waals surface area contributed by atoms with Crippen molar-refractivity contribution in [1.82, 2.24) is 15.5 Å². The molecule has 1 aromatic rings. The Morgan fingerprint density at radius 2 is 1.53 bits per heavy atom. The van der Waals surface area contributed by atoms with Crippen LogP contribution in [-0.2, 0) is 4.79 Å². The van der Waals surface area contributed by atoms with Crippen molar-refractivity contribution in [3.05, 3.63) is 17.2 Å². The number of carbonyl (C=O) groups excluding carboxylic acids is 2. The maximum Gasteiger partial charge on any atom is 0.315 e. The minimum absolute atomic E-state index is 0.0582. The summed E-state index contributed by atoms with van der Waals surface area (Å²) in [6.45, 7) is 2.96. The van der Waals surface area contributed by atoms with Gasteiger partial charge in [0.05, 0.1) is 30.5 Å². The Bertz CT molecular complexity index is 807. The van der Waals surface area contributed by atoms with Gasteiger partial charge in [0.15, 0.2) is 11.5 Å². The normalized spacial score (nSPS) is 20.3. The highest BCUT2D eigenvalue weighted by molar-refractivity contribution is 6.34. The number of urea groups is 1. The minimum Gasteiger partial charge on any atom is -0.490 e. The van der Waals surface area contributed by atoms with E-state index in [9.17, 15) is 9.59 Å². The average Bonchev–Trinajstić information content (AvgIpc) is 3.01. The summed E-state index contributed by atoms with van der Waals surface area (Å²) in [5, 5.41) is 9.52. The summed E-state index contributed by atoms with van der Waals surface area (Å²) >= 11 is 6.33. The zero-order valence-electron chi connectivity index (χ0n) is 18.5. The van der Waals surface area contributed by atoms with Crippen LogP contribution in [0.4, 0.5) is 10.5 Å². The Morgan fingerprint density at radius 1 is 0.906 bits per heavy atom. The summed E-state index contributed by atoms with van der Waals surface area (Å²) < 4.78 is 11.3. The number of nitrogens with one attached hydrogen (secondary N) is 3. The second-order valence-electron chi connectivity index (χ2n) is 8.88. The number of hydrogen-bond donors (Lipinski definition) is 3. The van der Waals surface area contributed by atoms with E-state index in [1.807, 2.05) is 0 Å². The summed E-state index contributed by atoms with van der Waals surface area (Å²) in [6.07, 6.45) is 8.29. The van der Waals surface area contributed by atoms with Gasteiger partial charge in [-0.05, 0) is 25.7 Å².